The Labute approximate surface area is 102 Å². The van der Waals surface area contributed by atoms with E-state index in [9.17, 15) is 13.2 Å². The maximum atomic E-state index is 12.0. The van der Waals surface area contributed by atoms with Crippen molar-refractivity contribution >= 4 is 0 Å². The molecule has 1 rings (SSSR count). The summed E-state index contributed by atoms with van der Waals surface area (Å²) in [7, 11) is 0. The molecule has 0 bridgehead atoms. The first-order chi connectivity index (χ1) is 7.87. The maximum absolute atomic E-state index is 12.0. The summed E-state index contributed by atoms with van der Waals surface area (Å²) in [5.41, 5.74) is 0. The molecule has 0 spiro atoms. The van der Waals surface area contributed by atoms with Gasteiger partial charge in [-0.25, -0.2) is 0 Å². The molecule has 0 radical (unpaired) electrons. The van der Waals surface area contributed by atoms with Gasteiger partial charge in [0.2, 0.25) is 0 Å². The number of halogens is 3. The Morgan fingerprint density at radius 3 is 2.53 bits per heavy atom. The first-order valence-electron chi connectivity index (χ1n) is 6.67. The molecule has 1 nitrogen and oxygen atoms in total. The van der Waals surface area contributed by atoms with Crippen LogP contribution >= 0.6 is 0 Å². The zero-order valence-corrected chi connectivity index (χ0v) is 10.8. The van der Waals surface area contributed by atoms with Gasteiger partial charge in [-0.05, 0) is 31.1 Å². The van der Waals surface area contributed by atoms with E-state index < -0.39 is 12.6 Å². The Balaban J connectivity index is 2.20. The van der Waals surface area contributed by atoms with Gasteiger partial charge in [-0.2, -0.15) is 13.2 Å². The van der Waals surface area contributed by atoms with Crippen molar-refractivity contribution in [1.29, 1.82) is 0 Å². The average molecular weight is 251 g/mol. The minimum absolute atomic E-state index is 0.0720. The molecule has 2 unspecified atom stereocenters. The van der Waals surface area contributed by atoms with Gasteiger partial charge < -0.3 is 5.32 Å². The topological polar surface area (TPSA) is 12.0 Å². The highest BCUT2D eigenvalue weighted by molar-refractivity contribution is 4.78. The summed E-state index contributed by atoms with van der Waals surface area (Å²) in [5, 5.41) is 3.06. The van der Waals surface area contributed by atoms with E-state index in [0.717, 1.165) is 19.3 Å². The van der Waals surface area contributed by atoms with Gasteiger partial charge >= 0.3 is 6.18 Å². The standard InChI is InChI=1S/C13H24F3N/c1-10(2)8-11-4-3-5-12(9-11)17-7-6-13(14,15)16/h10-12,17H,3-9H2,1-2H3. The van der Waals surface area contributed by atoms with E-state index in [-0.39, 0.29) is 6.54 Å². The number of hydrogen-bond acceptors (Lipinski definition) is 1. The van der Waals surface area contributed by atoms with Crippen LogP contribution in [0.4, 0.5) is 13.2 Å². The van der Waals surface area contributed by atoms with Gasteiger partial charge in [-0.3, -0.25) is 0 Å². The molecular weight excluding hydrogens is 227 g/mol. The first-order valence-corrected chi connectivity index (χ1v) is 6.67. The van der Waals surface area contributed by atoms with Crippen molar-refractivity contribution in [3.05, 3.63) is 0 Å². The van der Waals surface area contributed by atoms with Gasteiger partial charge in [-0.1, -0.05) is 26.7 Å². The smallest absolute Gasteiger partial charge is 0.314 e. The van der Waals surface area contributed by atoms with Crippen LogP contribution in [0, 0.1) is 11.8 Å². The fourth-order valence-corrected chi connectivity index (χ4v) is 2.78. The van der Waals surface area contributed by atoms with Crippen LogP contribution < -0.4 is 5.32 Å². The Hall–Kier alpha value is -0.250. The first kappa shape index (κ1) is 14.8. The lowest BCUT2D eigenvalue weighted by Crippen LogP contribution is -2.36. The zero-order chi connectivity index (χ0) is 12.9. The SMILES string of the molecule is CC(C)CC1CCCC(NCCC(F)(F)F)C1. The van der Waals surface area contributed by atoms with Crippen molar-refractivity contribution in [3.63, 3.8) is 0 Å². The van der Waals surface area contributed by atoms with Gasteiger partial charge in [0.1, 0.15) is 0 Å². The molecule has 1 aliphatic carbocycles. The molecule has 2 atom stereocenters. The van der Waals surface area contributed by atoms with Crippen molar-refractivity contribution in [3.8, 4) is 0 Å². The lowest BCUT2D eigenvalue weighted by molar-refractivity contribution is -0.133. The normalized spacial score (nSPS) is 26.5. The molecular formula is C13H24F3N. The van der Waals surface area contributed by atoms with Crippen LogP contribution in [0.3, 0.4) is 0 Å². The van der Waals surface area contributed by atoms with E-state index in [1.807, 2.05) is 0 Å². The molecule has 0 aromatic heterocycles. The molecule has 0 amide bonds. The van der Waals surface area contributed by atoms with Gasteiger partial charge in [0.15, 0.2) is 0 Å². The second-order valence-electron chi connectivity index (χ2n) is 5.68. The molecule has 102 valence electrons. The average Bonchev–Trinajstić information content (AvgIpc) is 2.15. The second kappa shape index (κ2) is 6.62. The lowest BCUT2D eigenvalue weighted by Gasteiger charge is -2.31. The molecule has 1 fully saturated rings. The van der Waals surface area contributed by atoms with Crippen molar-refractivity contribution < 1.29 is 13.2 Å². The summed E-state index contributed by atoms with van der Waals surface area (Å²) in [5.74, 6) is 1.39. The molecule has 1 N–H and O–H groups in total. The third kappa shape index (κ3) is 6.92. The molecule has 1 saturated carbocycles. The molecule has 0 aromatic rings. The van der Waals surface area contributed by atoms with E-state index in [1.165, 1.54) is 12.8 Å². The molecule has 0 aliphatic heterocycles. The highest BCUT2D eigenvalue weighted by atomic mass is 19.4. The van der Waals surface area contributed by atoms with Crippen molar-refractivity contribution in [2.75, 3.05) is 6.54 Å². The highest BCUT2D eigenvalue weighted by Crippen LogP contribution is 2.29. The summed E-state index contributed by atoms with van der Waals surface area (Å²) >= 11 is 0. The van der Waals surface area contributed by atoms with Crippen LogP contribution in [-0.4, -0.2) is 18.8 Å². The number of rotatable bonds is 5. The Kier molecular flexibility index (Phi) is 5.77. The molecule has 1 aliphatic rings. The van der Waals surface area contributed by atoms with E-state index in [2.05, 4.69) is 19.2 Å². The van der Waals surface area contributed by atoms with E-state index >= 15 is 0 Å². The van der Waals surface area contributed by atoms with Crippen molar-refractivity contribution in [1.82, 2.24) is 5.32 Å². The van der Waals surface area contributed by atoms with E-state index in [0.29, 0.717) is 17.9 Å². The van der Waals surface area contributed by atoms with Crippen LogP contribution in [0.1, 0.15) is 52.4 Å². The number of nitrogens with one attached hydrogen (secondary N) is 1. The Morgan fingerprint density at radius 1 is 1.24 bits per heavy atom. The van der Waals surface area contributed by atoms with Crippen molar-refractivity contribution in [2.45, 2.75) is 64.6 Å². The highest BCUT2D eigenvalue weighted by Gasteiger charge is 2.28. The Bertz CT molecular complexity index is 213. The van der Waals surface area contributed by atoms with Gasteiger partial charge in [-0.15, -0.1) is 0 Å². The van der Waals surface area contributed by atoms with E-state index in [4.69, 9.17) is 0 Å². The minimum atomic E-state index is -4.03. The number of alkyl halides is 3. The molecule has 0 aromatic carbocycles. The fraction of sp³-hybridized carbons (Fsp3) is 1.00. The fourth-order valence-electron chi connectivity index (χ4n) is 2.78. The van der Waals surface area contributed by atoms with Gasteiger partial charge in [0.25, 0.3) is 0 Å². The van der Waals surface area contributed by atoms with Gasteiger partial charge in [0.05, 0.1) is 6.42 Å². The van der Waals surface area contributed by atoms with Crippen molar-refractivity contribution in [2.24, 2.45) is 11.8 Å². The summed E-state index contributed by atoms with van der Waals surface area (Å²) in [6.07, 6.45) is 0.952. The predicted molar refractivity (Wildman–Crippen MR) is 63.9 cm³/mol. The summed E-state index contributed by atoms with van der Waals surface area (Å²) < 4.78 is 36.1. The number of hydrogen-bond donors (Lipinski definition) is 1. The maximum Gasteiger partial charge on any atom is 0.390 e. The van der Waals surface area contributed by atoms with Crippen LogP contribution in [0.5, 0.6) is 0 Å². The molecule has 0 heterocycles. The largest absolute Gasteiger partial charge is 0.390 e. The third-order valence-electron chi connectivity index (χ3n) is 3.43. The quantitative estimate of drug-likeness (QED) is 0.774. The molecule has 0 saturated heterocycles. The second-order valence-corrected chi connectivity index (χ2v) is 5.68. The third-order valence-corrected chi connectivity index (χ3v) is 3.43. The molecule has 4 heteroatoms. The van der Waals surface area contributed by atoms with Crippen LogP contribution in [-0.2, 0) is 0 Å². The van der Waals surface area contributed by atoms with Crippen LogP contribution in [0.15, 0.2) is 0 Å². The monoisotopic (exact) mass is 251 g/mol. The summed E-state index contributed by atoms with van der Waals surface area (Å²) in [6.45, 7) is 4.49. The zero-order valence-electron chi connectivity index (χ0n) is 10.8. The molecule has 17 heavy (non-hydrogen) atoms. The summed E-state index contributed by atoms with van der Waals surface area (Å²) in [4.78, 5) is 0. The Morgan fingerprint density at radius 2 is 1.94 bits per heavy atom. The summed E-state index contributed by atoms with van der Waals surface area (Å²) in [6, 6.07) is 0.301. The predicted octanol–water partition coefficient (Wildman–Crippen LogP) is 4.13. The lowest BCUT2D eigenvalue weighted by atomic mass is 9.81. The van der Waals surface area contributed by atoms with Gasteiger partial charge in [0, 0.05) is 12.6 Å². The minimum Gasteiger partial charge on any atom is -0.314 e. The van der Waals surface area contributed by atoms with Crippen LogP contribution in [0.25, 0.3) is 0 Å². The van der Waals surface area contributed by atoms with E-state index in [1.54, 1.807) is 0 Å². The van der Waals surface area contributed by atoms with Crippen LogP contribution in [0.2, 0.25) is 0 Å².